The monoisotopic (exact) mass is 382 g/mol. The van der Waals surface area contributed by atoms with Gasteiger partial charge < -0.3 is 14.4 Å². The Morgan fingerprint density at radius 3 is 2.70 bits per heavy atom. The van der Waals surface area contributed by atoms with Crippen molar-refractivity contribution in [2.24, 2.45) is 7.05 Å². The van der Waals surface area contributed by atoms with Crippen LogP contribution in [-0.2, 0) is 23.1 Å². The Hall–Kier alpha value is -2.46. The van der Waals surface area contributed by atoms with Gasteiger partial charge in [-0.15, -0.1) is 0 Å². The summed E-state index contributed by atoms with van der Waals surface area (Å²) in [6, 6.07) is 0. The number of nitrogens with zero attached hydrogens (tertiary/aromatic N) is 4. The van der Waals surface area contributed by atoms with Crippen molar-refractivity contribution < 1.29 is 14.4 Å². The maximum atomic E-state index is 12.5. The molecule has 0 N–H and O–H groups in total. The van der Waals surface area contributed by atoms with Gasteiger partial charge in [-0.3, -0.25) is 24.0 Å². The van der Waals surface area contributed by atoms with Gasteiger partial charge in [0.05, 0.1) is 11.5 Å². The van der Waals surface area contributed by atoms with Crippen molar-refractivity contribution in [1.82, 2.24) is 14.0 Å². The van der Waals surface area contributed by atoms with Crippen LogP contribution >= 0.6 is 0 Å². The van der Waals surface area contributed by atoms with E-state index in [-0.39, 0.29) is 18.5 Å². The SMILES string of the molecule is CN(C)C=Cc1c([N+](=O)[O-])c(=O)n(CCCOC2CCCCO2)c(=O)n1C. The summed E-state index contributed by atoms with van der Waals surface area (Å²) in [5.41, 5.74) is -2.16. The second-order valence-corrected chi connectivity index (χ2v) is 6.59. The Bertz CT molecular complexity index is 805. The molecule has 1 aromatic rings. The molecule has 1 aromatic heterocycles. The van der Waals surface area contributed by atoms with E-state index in [9.17, 15) is 19.7 Å². The van der Waals surface area contributed by atoms with Crippen LogP contribution in [0.4, 0.5) is 5.69 Å². The molecule has 0 amide bonds. The van der Waals surface area contributed by atoms with Gasteiger partial charge in [-0.25, -0.2) is 4.79 Å². The van der Waals surface area contributed by atoms with Crippen LogP contribution in [0.15, 0.2) is 15.8 Å². The molecule has 10 nitrogen and oxygen atoms in total. The highest BCUT2D eigenvalue weighted by Crippen LogP contribution is 2.15. The summed E-state index contributed by atoms with van der Waals surface area (Å²) < 4.78 is 13.0. The lowest BCUT2D eigenvalue weighted by Crippen LogP contribution is -2.41. The standard InChI is InChI=1S/C17H26N4O6/c1-18(2)10-8-13-15(21(24)25)16(22)20(17(23)19(13)3)9-6-12-27-14-7-4-5-11-26-14/h8,10,14H,4-7,9,11-12H2,1-3H3. The van der Waals surface area contributed by atoms with E-state index in [0.29, 0.717) is 19.6 Å². The second-order valence-electron chi connectivity index (χ2n) is 6.59. The zero-order valence-electron chi connectivity index (χ0n) is 15.9. The lowest BCUT2D eigenvalue weighted by molar-refractivity contribution is -0.387. The van der Waals surface area contributed by atoms with Crippen molar-refractivity contribution in [2.75, 3.05) is 27.3 Å². The van der Waals surface area contributed by atoms with Gasteiger partial charge in [0.15, 0.2) is 6.29 Å². The summed E-state index contributed by atoms with van der Waals surface area (Å²) >= 11 is 0. The topological polar surface area (TPSA) is 109 Å². The second kappa shape index (κ2) is 9.47. The minimum Gasteiger partial charge on any atom is -0.383 e. The quantitative estimate of drug-likeness (QED) is 0.374. The van der Waals surface area contributed by atoms with Crippen molar-refractivity contribution in [3.63, 3.8) is 0 Å². The number of rotatable bonds is 8. The number of hydrogen-bond donors (Lipinski definition) is 0. The predicted octanol–water partition coefficient (Wildman–Crippen LogP) is 0.921. The average molecular weight is 382 g/mol. The molecule has 1 aliphatic heterocycles. The molecule has 0 spiro atoms. The van der Waals surface area contributed by atoms with Gasteiger partial charge >= 0.3 is 16.9 Å². The molecule has 2 rings (SSSR count). The van der Waals surface area contributed by atoms with Crippen molar-refractivity contribution in [3.05, 3.63) is 42.8 Å². The molecule has 2 heterocycles. The van der Waals surface area contributed by atoms with Crippen LogP contribution in [-0.4, -0.2) is 52.6 Å². The molecule has 10 heteroatoms. The smallest absolute Gasteiger partial charge is 0.357 e. The van der Waals surface area contributed by atoms with E-state index in [1.807, 2.05) is 0 Å². The van der Waals surface area contributed by atoms with Crippen LogP contribution in [0.3, 0.4) is 0 Å². The minimum atomic E-state index is -0.907. The predicted molar refractivity (Wildman–Crippen MR) is 99.5 cm³/mol. The Labute approximate surface area is 156 Å². The van der Waals surface area contributed by atoms with Crippen molar-refractivity contribution in [2.45, 2.75) is 38.5 Å². The van der Waals surface area contributed by atoms with Crippen LogP contribution in [0.2, 0.25) is 0 Å². The van der Waals surface area contributed by atoms with Crippen LogP contribution in [0.5, 0.6) is 0 Å². The van der Waals surface area contributed by atoms with Gasteiger partial charge in [-0.2, -0.15) is 0 Å². The molecule has 0 bridgehead atoms. The minimum absolute atomic E-state index is 0.0354. The van der Waals surface area contributed by atoms with Gasteiger partial charge in [0.2, 0.25) is 0 Å². The van der Waals surface area contributed by atoms with Gasteiger partial charge in [0.1, 0.15) is 5.69 Å². The molecule has 0 saturated carbocycles. The molecular formula is C17H26N4O6. The molecule has 0 aliphatic carbocycles. The molecule has 1 saturated heterocycles. The molecule has 1 unspecified atom stereocenters. The fourth-order valence-corrected chi connectivity index (χ4v) is 2.83. The van der Waals surface area contributed by atoms with Crippen LogP contribution in [0.25, 0.3) is 6.08 Å². The first-order valence-electron chi connectivity index (χ1n) is 8.89. The highest BCUT2D eigenvalue weighted by Gasteiger charge is 2.25. The van der Waals surface area contributed by atoms with E-state index in [1.165, 1.54) is 13.1 Å². The van der Waals surface area contributed by atoms with E-state index in [0.717, 1.165) is 28.4 Å². The molecule has 1 fully saturated rings. The highest BCUT2D eigenvalue weighted by atomic mass is 16.7. The van der Waals surface area contributed by atoms with Crippen LogP contribution in [0, 0.1) is 10.1 Å². The number of aromatic nitrogens is 2. The summed E-state index contributed by atoms with van der Waals surface area (Å²) in [6.45, 7) is 1.01. The van der Waals surface area contributed by atoms with Gasteiger partial charge in [0, 0.05) is 40.5 Å². The number of hydrogen-bond acceptors (Lipinski definition) is 7. The third kappa shape index (κ3) is 5.27. The fourth-order valence-electron chi connectivity index (χ4n) is 2.83. The molecular weight excluding hydrogens is 356 g/mol. The van der Waals surface area contributed by atoms with E-state index in [1.54, 1.807) is 25.2 Å². The maximum absolute atomic E-state index is 12.5. The van der Waals surface area contributed by atoms with E-state index in [2.05, 4.69) is 0 Å². The molecule has 1 atom stereocenters. The van der Waals surface area contributed by atoms with Gasteiger partial charge in [-0.1, -0.05) is 0 Å². The van der Waals surface area contributed by atoms with Crippen molar-refractivity contribution in [1.29, 1.82) is 0 Å². The Kier molecular flexibility index (Phi) is 7.31. The zero-order chi connectivity index (χ0) is 20.0. The highest BCUT2D eigenvalue weighted by molar-refractivity contribution is 5.56. The van der Waals surface area contributed by atoms with Crippen LogP contribution in [0.1, 0.15) is 31.4 Å². The lowest BCUT2D eigenvalue weighted by Gasteiger charge is -2.22. The van der Waals surface area contributed by atoms with Crippen molar-refractivity contribution >= 4 is 11.8 Å². The van der Waals surface area contributed by atoms with E-state index in [4.69, 9.17) is 9.47 Å². The molecule has 150 valence electrons. The summed E-state index contributed by atoms with van der Waals surface area (Å²) in [4.78, 5) is 37.4. The number of ether oxygens (including phenoxy) is 2. The summed E-state index contributed by atoms with van der Waals surface area (Å²) in [7, 11) is 4.88. The third-order valence-electron chi connectivity index (χ3n) is 4.25. The normalized spacial score (nSPS) is 17.4. The first kappa shape index (κ1) is 20.8. The first-order valence-corrected chi connectivity index (χ1v) is 8.89. The summed E-state index contributed by atoms with van der Waals surface area (Å²) in [5.74, 6) is 0. The third-order valence-corrected chi connectivity index (χ3v) is 4.25. The number of nitro groups is 1. The molecule has 0 radical (unpaired) electrons. The Balaban J connectivity index is 2.20. The lowest BCUT2D eigenvalue weighted by atomic mass is 10.2. The van der Waals surface area contributed by atoms with Gasteiger partial charge in [0.25, 0.3) is 0 Å². The zero-order valence-corrected chi connectivity index (χ0v) is 15.9. The van der Waals surface area contributed by atoms with Crippen LogP contribution < -0.4 is 11.2 Å². The largest absolute Gasteiger partial charge is 0.383 e. The average Bonchev–Trinajstić information content (AvgIpc) is 2.63. The van der Waals surface area contributed by atoms with E-state index < -0.39 is 21.9 Å². The molecule has 1 aliphatic rings. The first-order chi connectivity index (χ1) is 12.8. The fraction of sp³-hybridized carbons (Fsp3) is 0.647. The summed E-state index contributed by atoms with van der Waals surface area (Å²) in [5, 5.41) is 11.4. The maximum Gasteiger partial charge on any atom is 0.357 e. The summed E-state index contributed by atoms with van der Waals surface area (Å²) in [6.07, 6.45) is 5.92. The van der Waals surface area contributed by atoms with E-state index >= 15 is 0 Å². The molecule has 0 aromatic carbocycles. The van der Waals surface area contributed by atoms with Crippen molar-refractivity contribution in [3.8, 4) is 0 Å². The molecule has 27 heavy (non-hydrogen) atoms. The Morgan fingerprint density at radius 2 is 2.11 bits per heavy atom. The Morgan fingerprint density at radius 1 is 1.37 bits per heavy atom. The van der Waals surface area contributed by atoms with Gasteiger partial charge in [-0.05, 0) is 31.8 Å².